The number of anilines is 1. The molecule has 3 rings (SSSR count). The Kier molecular flexibility index (Phi) is 6.76. The van der Waals surface area contributed by atoms with Crippen LogP contribution in [0.1, 0.15) is 39.6 Å². The summed E-state index contributed by atoms with van der Waals surface area (Å²) in [6.45, 7) is 1.21. The maximum atomic E-state index is 13.2. The predicted octanol–water partition coefficient (Wildman–Crippen LogP) is 2.06. The van der Waals surface area contributed by atoms with Gasteiger partial charge in [0.1, 0.15) is 12.1 Å². The minimum absolute atomic E-state index is 0.0137. The number of ether oxygens (including phenoxy) is 2. The molecule has 0 aliphatic carbocycles. The molecule has 0 bridgehead atoms. The molecule has 0 spiro atoms. The van der Waals surface area contributed by atoms with Crippen LogP contribution in [-0.4, -0.2) is 55.4 Å². The van der Waals surface area contributed by atoms with Crippen LogP contribution < -0.4 is 10.6 Å². The Morgan fingerprint density at radius 3 is 2.06 bits per heavy atom. The Balaban J connectivity index is 1.82. The number of rotatable bonds is 7. The second-order valence-electron chi connectivity index (χ2n) is 7.28. The zero-order valence-electron chi connectivity index (χ0n) is 18.3. The van der Waals surface area contributed by atoms with E-state index in [1.54, 1.807) is 37.3 Å². The summed E-state index contributed by atoms with van der Waals surface area (Å²) in [5.74, 6) is -2.69. The van der Waals surface area contributed by atoms with Crippen LogP contribution in [0.25, 0.3) is 0 Å². The Hall–Kier alpha value is -4.21. The largest absolute Gasteiger partial charge is 0.465 e. The number of nitrogens with zero attached hydrogens (tertiary/aromatic N) is 1. The lowest BCUT2D eigenvalue weighted by molar-refractivity contribution is -0.134. The molecule has 0 saturated carbocycles. The molecule has 1 aliphatic rings. The summed E-state index contributed by atoms with van der Waals surface area (Å²) in [5, 5.41) is 5.21. The maximum absolute atomic E-state index is 13.2. The third-order valence-corrected chi connectivity index (χ3v) is 5.33. The van der Waals surface area contributed by atoms with Gasteiger partial charge in [-0.05, 0) is 30.2 Å². The Labute approximate surface area is 189 Å². The average Bonchev–Trinajstić information content (AvgIpc) is 3.08. The molecular weight excluding hydrogens is 430 g/mol. The van der Waals surface area contributed by atoms with E-state index in [0.717, 1.165) is 4.90 Å². The fraction of sp³-hybridized carbons (Fsp3) is 0.261. The van der Waals surface area contributed by atoms with Crippen LogP contribution in [0, 0.1) is 0 Å². The maximum Gasteiger partial charge on any atom is 0.337 e. The second kappa shape index (κ2) is 9.51. The molecule has 0 radical (unpaired) electrons. The number of amides is 4. The number of urea groups is 1. The lowest BCUT2D eigenvalue weighted by Crippen LogP contribution is -2.44. The zero-order valence-corrected chi connectivity index (χ0v) is 18.3. The lowest BCUT2D eigenvalue weighted by Gasteiger charge is -2.25. The summed E-state index contributed by atoms with van der Waals surface area (Å²) in [5.41, 5.74) is -0.524. The number of imide groups is 1. The predicted molar refractivity (Wildman–Crippen MR) is 116 cm³/mol. The van der Waals surface area contributed by atoms with Crippen LogP contribution in [0.15, 0.2) is 48.5 Å². The highest BCUT2D eigenvalue weighted by Gasteiger charge is 2.51. The van der Waals surface area contributed by atoms with Crippen molar-refractivity contribution in [3.63, 3.8) is 0 Å². The van der Waals surface area contributed by atoms with Gasteiger partial charge in [0.05, 0.1) is 25.3 Å². The molecule has 2 aromatic carbocycles. The molecule has 0 aromatic heterocycles. The quantitative estimate of drug-likeness (QED) is 0.485. The third-order valence-electron chi connectivity index (χ3n) is 5.33. The van der Waals surface area contributed by atoms with Gasteiger partial charge in [0.15, 0.2) is 0 Å². The minimum atomic E-state index is -1.26. The molecule has 1 atom stereocenters. The number of nitrogens with one attached hydrogen (secondary N) is 2. The van der Waals surface area contributed by atoms with Gasteiger partial charge in [-0.1, -0.05) is 37.3 Å². The lowest BCUT2D eigenvalue weighted by atomic mass is 9.87. The fourth-order valence-electron chi connectivity index (χ4n) is 3.65. The van der Waals surface area contributed by atoms with Gasteiger partial charge >= 0.3 is 18.0 Å². The molecule has 172 valence electrons. The molecule has 10 nitrogen and oxygen atoms in total. The molecule has 1 saturated heterocycles. The minimum Gasteiger partial charge on any atom is -0.465 e. The SMILES string of the molecule is CCC1(c2ccccc2)NC(=O)N(CC(=O)Nc2cc(C(=O)OC)cc(C(=O)OC)c2)C1=O. The van der Waals surface area contributed by atoms with E-state index >= 15 is 0 Å². The number of carbonyl (C=O) groups is 5. The Morgan fingerprint density at radius 2 is 1.55 bits per heavy atom. The summed E-state index contributed by atoms with van der Waals surface area (Å²) < 4.78 is 9.34. The molecule has 2 N–H and O–H groups in total. The molecule has 10 heteroatoms. The topological polar surface area (TPSA) is 131 Å². The first-order valence-electron chi connectivity index (χ1n) is 10.1. The van der Waals surface area contributed by atoms with Crippen LogP contribution in [0.5, 0.6) is 0 Å². The summed E-state index contributed by atoms with van der Waals surface area (Å²) in [6.07, 6.45) is 0.295. The van der Waals surface area contributed by atoms with E-state index < -0.39 is 41.9 Å². The van der Waals surface area contributed by atoms with Gasteiger partial charge in [-0.15, -0.1) is 0 Å². The first kappa shape index (κ1) is 23.5. The number of methoxy groups -OCH3 is 2. The van der Waals surface area contributed by atoms with E-state index in [2.05, 4.69) is 20.1 Å². The van der Waals surface area contributed by atoms with Crippen LogP contribution in [0.2, 0.25) is 0 Å². The number of hydrogen-bond donors (Lipinski definition) is 2. The van der Waals surface area contributed by atoms with Crippen molar-refractivity contribution in [2.24, 2.45) is 0 Å². The smallest absolute Gasteiger partial charge is 0.337 e. The first-order chi connectivity index (χ1) is 15.7. The highest BCUT2D eigenvalue weighted by atomic mass is 16.5. The average molecular weight is 453 g/mol. The molecule has 4 amide bonds. The third kappa shape index (κ3) is 4.54. The second-order valence-corrected chi connectivity index (χ2v) is 7.28. The molecule has 1 aliphatic heterocycles. The monoisotopic (exact) mass is 453 g/mol. The normalized spacial score (nSPS) is 17.4. The van der Waals surface area contributed by atoms with Gasteiger partial charge in [0, 0.05) is 5.69 Å². The van der Waals surface area contributed by atoms with Crippen molar-refractivity contribution in [2.75, 3.05) is 26.1 Å². The van der Waals surface area contributed by atoms with Gasteiger partial charge in [0.2, 0.25) is 5.91 Å². The molecule has 33 heavy (non-hydrogen) atoms. The van der Waals surface area contributed by atoms with Crippen LogP contribution in [-0.2, 0) is 24.6 Å². The summed E-state index contributed by atoms with van der Waals surface area (Å²) in [7, 11) is 2.35. The molecule has 2 aromatic rings. The molecule has 1 unspecified atom stereocenters. The van der Waals surface area contributed by atoms with E-state index in [-0.39, 0.29) is 16.8 Å². The summed E-state index contributed by atoms with van der Waals surface area (Å²) in [6, 6.07) is 12.0. The van der Waals surface area contributed by atoms with E-state index in [9.17, 15) is 24.0 Å². The van der Waals surface area contributed by atoms with E-state index in [0.29, 0.717) is 12.0 Å². The summed E-state index contributed by atoms with van der Waals surface area (Å²) >= 11 is 0. The van der Waals surface area contributed by atoms with E-state index in [4.69, 9.17) is 0 Å². The zero-order chi connectivity index (χ0) is 24.2. The van der Waals surface area contributed by atoms with Gasteiger partial charge in [-0.3, -0.25) is 14.5 Å². The van der Waals surface area contributed by atoms with Crippen molar-refractivity contribution >= 4 is 35.5 Å². The van der Waals surface area contributed by atoms with Crippen molar-refractivity contribution in [3.8, 4) is 0 Å². The number of esters is 2. The van der Waals surface area contributed by atoms with Crippen LogP contribution >= 0.6 is 0 Å². The Morgan fingerprint density at radius 1 is 0.970 bits per heavy atom. The molecule has 1 heterocycles. The molecule has 1 fully saturated rings. The van der Waals surface area contributed by atoms with E-state index in [1.807, 2.05) is 0 Å². The van der Waals surface area contributed by atoms with Crippen molar-refractivity contribution < 1.29 is 33.4 Å². The highest BCUT2D eigenvalue weighted by Crippen LogP contribution is 2.32. The van der Waals surface area contributed by atoms with Gasteiger partial charge in [0.25, 0.3) is 5.91 Å². The summed E-state index contributed by atoms with van der Waals surface area (Å²) in [4.78, 5) is 63.1. The van der Waals surface area contributed by atoms with Gasteiger partial charge < -0.3 is 20.1 Å². The number of carbonyl (C=O) groups excluding carboxylic acids is 5. The van der Waals surface area contributed by atoms with Gasteiger partial charge in [-0.2, -0.15) is 0 Å². The number of hydrogen-bond acceptors (Lipinski definition) is 7. The van der Waals surface area contributed by atoms with E-state index in [1.165, 1.54) is 32.4 Å². The molecular formula is C23H23N3O7. The first-order valence-corrected chi connectivity index (χ1v) is 10.1. The fourth-order valence-corrected chi connectivity index (χ4v) is 3.65. The number of benzene rings is 2. The van der Waals surface area contributed by atoms with Crippen molar-refractivity contribution in [2.45, 2.75) is 18.9 Å². The van der Waals surface area contributed by atoms with Crippen molar-refractivity contribution in [3.05, 3.63) is 65.2 Å². The van der Waals surface area contributed by atoms with Crippen LogP contribution in [0.3, 0.4) is 0 Å². The van der Waals surface area contributed by atoms with Gasteiger partial charge in [-0.25, -0.2) is 14.4 Å². The van der Waals surface area contributed by atoms with Crippen LogP contribution in [0.4, 0.5) is 10.5 Å². The van der Waals surface area contributed by atoms with Crippen molar-refractivity contribution in [1.82, 2.24) is 10.2 Å². The van der Waals surface area contributed by atoms with Crippen molar-refractivity contribution in [1.29, 1.82) is 0 Å². The highest BCUT2D eigenvalue weighted by molar-refractivity contribution is 6.10. The standard InChI is InChI=1S/C23H23N3O7/c1-4-23(16-8-6-5-7-9-16)21(30)26(22(31)25-23)13-18(27)24-17-11-14(19(28)32-2)10-15(12-17)20(29)33-3/h5-12H,4,13H2,1-3H3,(H,24,27)(H,25,31). The Bertz CT molecular complexity index is 1080.